The molecule has 0 atom stereocenters. The van der Waals surface area contributed by atoms with Gasteiger partial charge in [0.25, 0.3) is 0 Å². The predicted molar refractivity (Wildman–Crippen MR) is 134 cm³/mol. The van der Waals surface area contributed by atoms with E-state index in [0.717, 1.165) is 19.6 Å². The lowest BCUT2D eigenvalue weighted by Gasteiger charge is -2.34. The zero-order chi connectivity index (χ0) is 25.2. The van der Waals surface area contributed by atoms with Crippen LogP contribution in [0, 0.1) is 11.6 Å². The van der Waals surface area contributed by atoms with Crippen LogP contribution in [0.15, 0.2) is 42.5 Å². The summed E-state index contributed by atoms with van der Waals surface area (Å²) in [5, 5.41) is 4.95. The standard InChI is InChI=1S/C25H27F2N7O2/c1-35-13-12-32-8-10-33(11-9-32)25-29-22(19-7-6-18(36-2)15-20(19)27)21-23(28)34(31-24(21)30-25)17-5-3-4-16(26)14-17/h3-7,14-15H,8-13,28H2,1-2H3. The van der Waals surface area contributed by atoms with Gasteiger partial charge in [-0.3, -0.25) is 4.90 Å². The van der Waals surface area contributed by atoms with Crippen LogP contribution in [0.5, 0.6) is 5.75 Å². The molecule has 1 aliphatic heterocycles. The number of fused-ring (bicyclic) bond motifs is 1. The fourth-order valence-electron chi connectivity index (χ4n) is 4.35. The fourth-order valence-corrected chi connectivity index (χ4v) is 4.35. The van der Waals surface area contributed by atoms with Crippen molar-refractivity contribution < 1.29 is 18.3 Å². The van der Waals surface area contributed by atoms with Crippen molar-refractivity contribution in [3.05, 3.63) is 54.1 Å². The van der Waals surface area contributed by atoms with E-state index in [1.165, 1.54) is 30.0 Å². The van der Waals surface area contributed by atoms with Crippen LogP contribution in [-0.4, -0.2) is 78.2 Å². The summed E-state index contributed by atoms with van der Waals surface area (Å²) in [5.74, 6) is 0.0747. The van der Waals surface area contributed by atoms with Crippen LogP contribution >= 0.6 is 0 Å². The number of anilines is 2. The number of ether oxygens (including phenoxy) is 2. The van der Waals surface area contributed by atoms with Gasteiger partial charge in [0.1, 0.15) is 23.2 Å². The maximum Gasteiger partial charge on any atom is 0.228 e. The second-order valence-corrected chi connectivity index (χ2v) is 8.52. The van der Waals surface area contributed by atoms with Crippen molar-refractivity contribution in [3.63, 3.8) is 0 Å². The molecule has 3 heterocycles. The summed E-state index contributed by atoms with van der Waals surface area (Å²) in [5.41, 5.74) is 7.77. The first kappa shape index (κ1) is 23.9. The third-order valence-corrected chi connectivity index (χ3v) is 6.31. The second kappa shape index (κ2) is 10.0. The minimum absolute atomic E-state index is 0.191. The molecule has 11 heteroatoms. The molecular formula is C25H27F2N7O2. The van der Waals surface area contributed by atoms with Gasteiger partial charge in [-0.05, 0) is 30.3 Å². The van der Waals surface area contributed by atoms with E-state index < -0.39 is 11.6 Å². The highest BCUT2D eigenvalue weighted by atomic mass is 19.1. The number of piperazine rings is 1. The zero-order valence-electron chi connectivity index (χ0n) is 20.1. The van der Waals surface area contributed by atoms with Crippen molar-refractivity contribution in [1.82, 2.24) is 24.6 Å². The lowest BCUT2D eigenvalue weighted by atomic mass is 10.1. The molecule has 188 valence electrons. The number of nitrogen functional groups attached to an aromatic ring is 1. The Morgan fingerprint density at radius 1 is 1.00 bits per heavy atom. The van der Waals surface area contributed by atoms with Crippen molar-refractivity contribution >= 4 is 22.8 Å². The van der Waals surface area contributed by atoms with Crippen LogP contribution < -0.4 is 15.4 Å². The van der Waals surface area contributed by atoms with Gasteiger partial charge < -0.3 is 20.1 Å². The summed E-state index contributed by atoms with van der Waals surface area (Å²) in [6, 6.07) is 10.5. The number of hydrogen-bond acceptors (Lipinski definition) is 8. The van der Waals surface area contributed by atoms with Crippen LogP contribution in [0.4, 0.5) is 20.5 Å². The van der Waals surface area contributed by atoms with Crippen LogP contribution in [0.25, 0.3) is 28.0 Å². The molecule has 9 nitrogen and oxygen atoms in total. The highest BCUT2D eigenvalue weighted by molar-refractivity contribution is 5.99. The molecule has 36 heavy (non-hydrogen) atoms. The molecule has 1 aliphatic rings. The van der Waals surface area contributed by atoms with E-state index in [1.54, 1.807) is 31.4 Å². The molecule has 0 radical (unpaired) electrons. The smallest absolute Gasteiger partial charge is 0.228 e. The highest BCUT2D eigenvalue weighted by Gasteiger charge is 2.25. The molecule has 5 rings (SSSR count). The zero-order valence-corrected chi connectivity index (χ0v) is 20.1. The molecular weight excluding hydrogens is 468 g/mol. The first-order chi connectivity index (χ1) is 17.5. The summed E-state index contributed by atoms with van der Waals surface area (Å²) in [6.07, 6.45) is 0. The van der Waals surface area contributed by atoms with Crippen molar-refractivity contribution in [3.8, 4) is 22.7 Å². The molecule has 2 aromatic heterocycles. The third kappa shape index (κ3) is 4.54. The number of benzene rings is 2. The van der Waals surface area contributed by atoms with Crippen molar-refractivity contribution in [2.75, 3.05) is 64.2 Å². The van der Waals surface area contributed by atoms with E-state index in [-0.39, 0.29) is 11.4 Å². The molecule has 2 aromatic carbocycles. The van der Waals surface area contributed by atoms with Gasteiger partial charge in [-0.15, -0.1) is 5.10 Å². The van der Waals surface area contributed by atoms with Crippen molar-refractivity contribution in [2.45, 2.75) is 0 Å². The van der Waals surface area contributed by atoms with E-state index in [4.69, 9.17) is 20.2 Å². The van der Waals surface area contributed by atoms with E-state index in [9.17, 15) is 4.39 Å². The fraction of sp³-hybridized carbons (Fsp3) is 0.320. The van der Waals surface area contributed by atoms with E-state index in [1.807, 2.05) is 4.90 Å². The summed E-state index contributed by atoms with van der Waals surface area (Å²) in [6.45, 7) is 4.54. The first-order valence-corrected chi connectivity index (χ1v) is 11.6. The Morgan fingerprint density at radius 2 is 1.81 bits per heavy atom. The second-order valence-electron chi connectivity index (χ2n) is 8.52. The number of nitrogens with zero attached hydrogens (tertiary/aromatic N) is 6. The Labute approximate surface area is 207 Å². The number of aromatic nitrogens is 4. The summed E-state index contributed by atoms with van der Waals surface area (Å²) in [4.78, 5) is 13.8. The Kier molecular flexibility index (Phi) is 6.66. The minimum Gasteiger partial charge on any atom is -0.497 e. The molecule has 0 aliphatic carbocycles. The molecule has 2 N–H and O–H groups in total. The molecule has 0 spiro atoms. The lowest BCUT2D eigenvalue weighted by Crippen LogP contribution is -2.47. The number of halogens is 2. The topological polar surface area (TPSA) is 94.6 Å². The van der Waals surface area contributed by atoms with Crippen LogP contribution in [-0.2, 0) is 4.74 Å². The molecule has 4 aromatic rings. The maximum absolute atomic E-state index is 15.2. The quantitative estimate of drug-likeness (QED) is 0.418. The van der Waals surface area contributed by atoms with Crippen LogP contribution in [0.1, 0.15) is 0 Å². The molecule has 0 saturated carbocycles. The maximum atomic E-state index is 15.2. The molecule has 0 unspecified atom stereocenters. The Bertz CT molecular complexity index is 1390. The summed E-state index contributed by atoms with van der Waals surface area (Å²) >= 11 is 0. The van der Waals surface area contributed by atoms with Crippen LogP contribution in [0.2, 0.25) is 0 Å². The minimum atomic E-state index is -0.511. The number of methoxy groups -OCH3 is 2. The van der Waals surface area contributed by atoms with Gasteiger partial charge in [0.2, 0.25) is 5.95 Å². The van der Waals surface area contributed by atoms with E-state index >= 15 is 4.39 Å². The third-order valence-electron chi connectivity index (χ3n) is 6.31. The van der Waals surface area contributed by atoms with Gasteiger partial charge in [-0.1, -0.05) is 6.07 Å². The van der Waals surface area contributed by atoms with Crippen molar-refractivity contribution in [1.29, 1.82) is 0 Å². The predicted octanol–water partition coefficient (Wildman–Crippen LogP) is 3.12. The average molecular weight is 496 g/mol. The van der Waals surface area contributed by atoms with Gasteiger partial charge in [0, 0.05) is 51.5 Å². The molecule has 1 saturated heterocycles. The normalized spacial score (nSPS) is 14.5. The van der Waals surface area contributed by atoms with Gasteiger partial charge in [0.05, 0.1) is 30.5 Å². The summed E-state index contributed by atoms with van der Waals surface area (Å²) in [7, 11) is 3.16. The van der Waals surface area contributed by atoms with Gasteiger partial charge in [0.15, 0.2) is 5.65 Å². The molecule has 0 amide bonds. The van der Waals surface area contributed by atoms with Crippen LogP contribution in [0.3, 0.4) is 0 Å². The monoisotopic (exact) mass is 495 g/mol. The average Bonchev–Trinajstić information content (AvgIpc) is 3.23. The highest BCUT2D eigenvalue weighted by Crippen LogP contribution is 2.35. The Morgan fingerprint density at radius 3 is 2.50 bits per heavy atom. The van der Waals surface area contributed by atoms with Gasteiger partial charge in [-0.25, -0.2) is 18.4 Å². The SMILES string of the molecule is COCCN1CCN(c2nc(-c3ccc(OC)cc3F)c3c(N)n(-c4cccc(F)c4)nc3n2)CC1. The van der Waals surface area contributed by atoms with Gasteiger partial charge >= 0.3 is 0 Å². The molecule has 0 bridgehead atoms. The van der Waals surface area contributed by atoms with Gasteiger partial charge in [-0.2, -0.15) is 4.98 Å². The molecule has 1 fully saturated rings. The number of nitrogens with two attached hydrogens (primary N) is 1. The van der Waals surface area contributed by atoms with E-state index in [0.29, 0.717) is 53.8 Å². The van der Waals surface area contributed by atoms with Crippen molar-refractivity contribution in [2.24, 2.45) is 0 Å². The number of rotatable bonds is 7. The largest absolute Gasteiger partial charge is 0.497 e. The summed E-state index contributed by atoms with van der Waals surface area (Å²) < 4.78 is 40.9. The first-order valence-electron chi connectivity index (χ1n) is 11.6. The van der Waals surface area contributed by atoms with E-state index in [2.05, 4.69) is 15.0 Å². The Hall–Kier alpha value is -3.83. The lowest BCUT2D eigenvalue weighted by molar-refractivity contribution is 0.144. The Balaban J connectivity index is 1.62. The number of hydrogen-bond donors (Lipinski definition) is 1.